The van der Waals surface area contributed by atoms with Crippen LogP contribution in [-0.4, -0.2) is 24.2 Å². The lowest BCUT2D eigenvalue weighted by Crippen LogP contribution is -2.25. The third-order valence-electron chi connectivity index (χ3n) is 3.02. The normalized spacial score (nSPS) is 12.3. The summed E-state index contributed by atoms with van der Waals surface area (Å²) < 4.78 is 0. The van der Waals surface area contributed by atoms with Crippen LogP contribution in [0.25, 0.3) is 0 Å². The number of hydrogen-bond donors (Lipinski definition) is 2. The van der Waals surface area contributed by atoms with E-state index in [1.165, 1.54) is 16.9 Å². The zero-order valence-electron chi connectivity index (χ0n) is 10.5. The van der Waals surface area contributed by atoms with Crippen LogP contribution >= 0.6 is 22.7 Å². The predicted molar refractivity (Wildman–Crippen MR) is 80.0 cm³/mol. The molecule has 0 radical (unpaired) electrons. The van der Waals surface area contributed by atoms with E-state index in [9.17, 15) is 4.79 Å². The van der Waals surface area contributed by atoms with E-state index < -0.39 is 0 Å². The van der Waals surface area contributed by atoms with Crippen molar-refractivity contribution in [1.82, 2.24) is 5.32 Å². The van der Waals surface area contributed by atoms with E-state index in [0.717, 1.165) is 17.7 Å². The Morgan fingerprint density at radius 1 is 1.32 bits per heavy atom. The average molecular weight is 295 g/mol. The van der Waals surface area contributed by atoms with Crippen molar-refractivity contribution in [2.45, 2.75) is 18.8 Å². The van der Waals surface area contributed by atoms with Gasteiger partial charge in [-0.05, 0) is 52.6 Å². The van der Waals surface area contributed by atoms with E-state index in [2.05, 4.69) is 16.8 Å². The highest BCUT2D eigenvalue weighted by Gasteiger charge is 2.12. The Morgan fingerprint density at radius 3 is 2.84 bits per heavy atom. The fourth-order valence-electron chi connectivity index (χ4n) is 2.00. The highest BCUT2D eigenvalue weighted by Crippen LogP contribution is 2.24. The molecular weight excluding hydrogens is 278 g/mol. The summed E-state index contributed by atoms with van der Waals surface area (Å²) >= 11 is 3.11. The van der Waals surface area contributed by atoms with Crippen LogP contribution in [0, 0.1) is 0 Å². The zero-order chi connectivity index (χ0) is 13.5. The van der Waals surface area contributed by atoms with Gasteiger partial charge in [-0.2, -0.15) is 11.3 Å². The van der Waals surface area contributed by atoms with Crippen LogP contribution in [0.3, 0.4) is 0 Å². The molecule has 1 unspecified atom stereocenters. The summed E-state index contributed by atoms with van der Waals surface area (Å²) in [6.45, 7) is 0.816. The number of aliphatic hydroxyl groups excluding tert-OH is 1. The Labute approximate surface area is 120 Å². The van der Waals surface area contributed by atoms with Gasteiger partial charge in [0, 0.05) is 13.2 Å². The molecule has 3 nitrogen and oxygen atoms in total. The van der Waals surface area contributed by atoms with Crippen molar-refractivity contribution in [2.24, 2.45) is 0 Å². The van der Waals surface area contributed by atoms with Crippen LogP contribution in [0.5, 0.6) is 0 Å². The van der Waals surface area contributed by atoms with Crippen LogP contribution in [-0.2, 0) is 0 Å². The maximum atomic E-state index is 11.8. The number of thiophene rings is 2. The fourth-order valence-corrected chi connectivity index (χ4v) is 3.38. The summed E-state index contributed by atoms with van der Waals surface area (Å²) in [5.74, 6) is 0.308. The van der Waals surface area contributed by atoms with Gasteiger partial charge in [-0.25, -0.2) is 0 Å². The number of carbonyl (C=O) groups excluding carboxylic acids is 1. The molecule has 102 valence electrons. The molecule has 1 amide bonds. The second kappa shape index (κ2) is 7.43. The Morgan fingerprint density at radius 2 is 2.21 bits per heavy atom. The van der Waals surface area contributed by atoms with E-state index in [0.29, 0.717) is 12.5 Å². The molecule has 0 aliphatic rings. The lowest BCUT2D eigenvalue weighted by Gasteiger charge is -2.14. The van der Waals surface area contributed by atoms with Crippen molar-refractivity contribution in [3.8, 4) is 0 Å². The van der Waals surface area contributed by atoms with E-state index in [-0.39, 0.29) is 12.5 Å². The van der Waals surface area contributed by atoms with Gasteiger partial charge >= 0.3 is 0 Å². The van der Waals surface area contributed by atoms with Crippen LogP contribution in [0.4, 0.5) is 0 Å². The molecule has 2 aromatic rings. The SMILES string of the molecule is O=C(NCCC(CCO)c1ccsc1)c1cccs1. The third-order valence-corrected chi connectivity index (χ3v) is 4.59. The number of rotatable bonds is 7. The standard InChI is InChI=1S/C14H17NO2S2/c16-7-4-11(12-5-9-18-10-12)3-6-15-14(17)13-2-1-8-19-13/h1-2,5,8-11,16H,3-4,6-7H2,(H,15,17). The van der Waals surface area contributed by atoms with Crippen molar-refractivity contribution in [3.63, 3.8) is 0 Å². The largest absolute Gasteiger partial charge is 0.396 e. The van der Waals surface area contributed by atoms with E-state index >= 15 is 0 Å². The fraction of sp³-hybridized carbons (Fsp3) is 0.357. The number of amides is 1. The molecule has 2 rings (SSSR count). The summed E-state index contributed by atoms with van der Waals surface area (Å²) in [7, 11) is 0. The Bertz CT molecular complexity index is 480. The molecule has 2 heterocycles. The first-order chi connectivity index (χ1) is 9.31. The van der Waals surface area contributed by atoms with Gasteiger partial charge in [-0.3, -0.25) is 4.79 Å². The molecule has 2 N–H and O–H groups in total. The smallest absolute Gasteiger partial charge is 0.261 e. The van der Waals surface area contributed by atoms with E-state index in [4.69, 9.17) is 5.11 Å². The van der Waals surface area contributed by atoms with Crippen LogP contribution in [0.1, 0.15) is 34.0 Å². The highest BCUT2D eigenvalue weighted by atomic mass is 32.1. The summed E-state index contributed by atoms with van der Waals surface area (Å²) in [6, 6.07) is 5.79. The lowest BCUT2D eigenvalue weighted by molar-refractivity contribution is 0.0956. The van der Waals surface area contributed by atoms with Gasteiger partial charge in [0.15, 0.2) is 0 Å². The monoisotopic (exact) mass is 295 g/mol. The predicted octanol–water partition coefficient (Wildman–Crippen LogP) is 3.10. The minimum absolute atomic E-state index is 0.0110. The Kier molecular flexibility index (Phi) is 5.57. The first-order valence-electron chi connectivity index (χ1n) is 6.26. The molecule has 0 spiro atoms. The molecule has 0 aliphatic carbocycles. The summed E-state index contributed by atoms with van der Waals surface area (Å²) in [6.07, 6.45) is 1.60. The number of aliphatic hydroxyl groups is 1. The van der Waals surface area contributed by atoms with Crippen LogP contribution < -0.4 is 5.32 Å². The van der Waals surface area contributed by atoms with Crippen molar-refractivity contribution >= 4 is 28.6 Å². The second-order valence-electron chi connectivity index (χ2n) is 4.29. The molecule has 0 aliphatic heterocycles. The molecular formula is C14H17NO2S2. The third kappa shape index (κ3) is 4.16. The zero-order valence-corrected chi connectivity index (χ0v) is 12.2. The van der Waals surface area contributed by atoms with Crippen LogP contribution in [0.15, 0.2) is 34.3 Å². The molecule has 19 heavy (non-hydrogen) atoms. The second-order valence-corrected chi connectivity index (χ2v) is 6.02. The van der Waals surface area contributed by atoms with E-state index in [1.54, 1.807) is 11.3 Å². The van der Waals surface area contributed by atoms with E-state index in [1.807, 2.05) is 22.9 Å². The van der Waals surface area contributed by atoms with Crippen LogP contribution in [0.2, 0.25) is 0 Å². The van der Waals surface area contributed by atoms with Gasteiger partial charge in [0.2, 0.25) is 0 Å². The van der Waals surface area contributed by atoms with Gasteiger partial charge in [-0.1, -0.05) is 6.07 Å². The summed E-state index contributed by atoms with van der Waals surface area (Å²) in [5.41, 5.74) is 1.25. The first kappa shape index (κ1) is 14.2. The van der Waals surface area contributed by atoms with Crippen molar-refractivity contribution in [3.05, 3.63) is 44.8 Å². The molecule has 1 atom stereocenters. The van der Waals surface area contributed by atoms with Crippen molar-refractivity contribution < 1.29 is 9.90 Å². The topological polar surface area (TPSA) is 49.3 Å². The summed E-state index contributed by atoms with van der Waals surface area (Å²) in [4.78, 5) is 12.5. The molecule has 5 heteroatoms. The molecule has 0 saturated carbocycles. The summed E-state index contributed by atoms with van der Waals surface area (Å²) in [5, 5.41) is 18.1. The molecule has 2 aromatic heterocycles. The van der Waals surface area contributed by atoms with Gasteiger partial charge in [0.25, 0.3) is 5.91 Å². The molecule has 0 aromatic carbocycles. The van der Waals surface area contributed by atoms with Gasteiger partial charge in [0.1, 0.15) is 0 Å². The molecule has 0 fully saturated rings. The molecule has 0 bridgehead atoms. The first-order valence-corrected chi connectivity index (χ1v) is 8.08. The Balaban J connectivity index is 1.81. The molecule has 0 saturated heterocycles. The minimum atomic E-state index is -0.0110. The maximum absolute atomic E-state index is 11.8. The minimum Gasteiger partial charge on any atom is -0.396 e. The highest BCUT2D eigenvalue weighted by molar-refractivity contribution is 7.12. The lowest BCUT2D eigenvalue weighted by atomic mass is 9.95. The van der Waals surface area contributed by atoms with Crippen molar-refractivity contribution in [2.75, 3.05) is 13.2 Å². The van der Waals surface area contributed by atoms with Gasteiger partial charge < -0.3 is 10.4 Å². The maximum Gasteiger partial charge on any atom is 0.261 e. The van der Waals surface area contributed by atoms with Crippen molar-refractivity contribution in [1.29, 1.82) is 0 Å². The number of nitrogens with one attached hydrogen (secondary N) is 1. The van der Waals surface area contributed by atoms with Gasteiger partial charge in [0.05, 0.1) is 4.88 Å². The quantitative estimate of drug-likeness (QED) is 0.824. The number of carbonyl (C=O) groups is 1. The number of hydrogen-bond acceptors (Lipinski definition) is 4. The Hall–Kier alpha value is -1.17. The average Bonchev–Trinajstić information content (AvgIpc) is 3.10. The van der Waals surface area contributed by atoms with Gasteiger partial charge in [-0.15, -0.1) is 11.3 Å².